The molecule has 0 fully saturated rings. The van der Waals surface area contributed by atoms with Crippen molar-refractivity contribution < 1.29 is 0 Å². The highest BCUT2D eigenvalue weighted by Crippen LogP contribution is 2.51. The fourth-order valence-electron chi connectivity index (χ4n) is 7.55. The number of fused-ring (bicyclic) bond motifs is 7. The van der Waals surface area contributed by atoms with E-state index in [1.54, 1.807) is 11.3 Å². The zero-order chi connectivity index (χ0) is 32.7. The molecule has 232 valence electrons. The van der Waals surface area contributed by atoms with Gasteiger partial charge in [-0.2, -0.15) is 9.97 Å². The SMILES string of the molecule is CC1(C)c2ccc(-c3ccc4c(c3)c3ccccc3n4-c3nc(-c4ccccc4)nc(-c4ccccc4)n3)cc2-c2cc3ncsc3cc21. The minimum Gasteiger partial charge on any atom is -0.278 e. The van der Waals surface area contributed by atoms with Gasteiger partial charge in [0.2, 0.25) is 5.95 Å². The summed E-state index contributed by atoms with van der Waals surface area (Å²) in [6.07, 6.45) is 0. The van der Waals surface area contributed by atoms with Gasteiger partial charge in [0.05, 0.1) is 26.8 Å². The molecule has 0 saturated carbocycles. The van der Waals surface area contributed by atoms with E-state index >= 15 is 0 Å². The molecule has 1 aliphatic carbocycles. The van der Waals surface area contributed by atoms with Crippen molar-refractivity contribution in [3.8, 4) is 51.0 Å². The number of rotatable bonds is 4. The Bertz CT molecular complexity index is 2680. The lowest BCUT2D eigenvalue weighted by molar-refractivity contribution is 0.661. The Morgan fingerprint density at radius 1 is 0.531 bits per heavy atom. The average Bonchev–Trinajstić information content (AvgIpc) is 3.82. The van der Waals surface area contributed by atoms with Crippen molar-refractivity contribution in [1.82, 2.24) is 24.5 Å². The van der Waals surface area contributed by atoms with E-state index in [2.05, 4.69) is 96.2 Å². The predicted octanol–water partition coefficient (Wildman–Crippen LogP) is 10.9. The van der Waals surface area contributed by atoms with Gasteiger partial charge in [0.1, 0.15) is 0 Å². The number of benzene rings is 6. The van der Waals surface area contributed by atoms with E-state index < -0.39 is 0 Å². The maximum Gasteiger partial charge on any atom is 0.238 e. The van der Waals surface area contributed by atoms with Gasteiger partial charge in [-0.15, -0.1) is 11.3 Å². The number of nitrogens with zero attached hydrogens (tertiary/aromatic N) is 5. The largest absolute Gasteiger partial charge is 0.278 e. The second kappa shape index (κ2) is 10.5. The molecule has 0 spiro atoms. The quantitative estimate of drug-likeness (QED) is 0.191. The number of para-hydroxylation sites is 1. The van der Waals surface area contributed by atoms with Crippen LogP contribution >= 0.6 is 11.3 Å². The van der Waals surface area contributed by atoms with Gasteiger partial charge in [-0.25, -0.2) is 9.97 Å². The Morgan fingerprint density at radius 3 is 1.92 bits per heavy atom. The molecule has 0 aliphatic heterocycles. The van der Waals surface area contributed by atoms with Crippen LogP contribution in [0.25, 0.3) is 83.0 Å². The van der Waals surface area contributed by atoms with Gasteiger partial charge in [0, 0.05) is 27.3 Å². The summed E-state index contributed by atoms with van der Waals surface area (Å²) < 4.78 is 3.42. The third kappa shape index (κ3) is 4.31. The first-order valence-electron chi connectivity index (χ1n) is 16.5. The molecule has 9 aromatic rings. The molecule has 3 heterocycles. The highest BCUT2D eigenvalue weighted by Gasteiger charge is 2.36. The van der Waals surface area contributed by atoms with Crippen molar-refractivity contribution in [2.75, 3.05) is 0 Å². The first-order valence-corrected chi connectivity index (χ1v) is 17.3. The maximum atomic E-state index is 5.08. The summed E-state index contributed by atoms with van der Waals surface area (Å²) in [6.45, 7) is 4.66. The molecule has 10 rings (SSSR count). The number of hydrogen-bond donors (Lipinski definition) is 0. The molecule has 0 radical (unpaired) electrons. The third-order valence-electron chi connectivity index (χ3n) is 10.0. The molecule has 6 heteroatoms. The summed E-state index contributed by atoms with van der Waals surface area (Å²) in [5.41, 5.74) is 14.6. The normalized spacial score (nSPS) is 13.3. The van der Waals surface area contributed by atoms with E-state index in [9.17, 15) is 0 Å². The fourth-order valence-corrected chi connectivity index (χ4v) is 8.24. The molecule has 0 bridgehead atoms. The molecule has 0 N–H and O–H groups in total. The van der Waals surface area contributed by atoms with Gasteiger partial charge >= 0.3 is 0 Å². The zero-order valence-electron chi connectivity index (χ0n) is 26.9. The van der Waals surface area contributed by atoms with Crippen molar-refractivity contribution in [2.45, 2.75) is 19.3 Å². The molecular formula is C43H29N5S. The molecule has 0 amide bonds. The van der Waals surface area contributed by atoms with E-state index in [4.69, 9.17) is 15.0 Å². The van der Waals surface area contributed by atoms with Crippen LogP contribution in [0.15, 0.2) is 139 Å². The standard InChI is InChI=1S/C43H29N5S/c1-43(2)34-19-17-28(21-31(34)32-23-36-39(24-35(32)43)49-25-44-36)29-18-20-38-33(22-29)30-15-9-10-16-37(30)48(38)42-46-40(26-11-5-3-6-12-26)45-41(47-42)27-13-7-4-8-14-27/h3-25H,1-2H3. The molecular weight excluding hydrogens is 619 g/mol. The first-order chi connectivity index (χ1) is 24.0. The van der Waals surface area contributed by atoms with Crippen molar-refractivity contribution in [3.63, 3.8) is 0 Å². The summed E-state index contributed by atoms with van der Waals surface area (Å²) in [5, 5.41) is 2.31. The van der Waals surface area contributed by atoms with Gasteiger partial charge in [0.15, 0.2) is 11.6 Å². The zero-order valence-corrected chi connectivity index (χ0v) is 27.7. The maximum absolute atomic E-state index is 5.08. The fraction of sp³-hybridized carbons (Fsp3) is 0.0698. The smallest absolute Gasteiger partial charge is 0.238 e. The van der Waals surface area contributed by atoms with Crippen LogP contribution in [-0.2, 0) is 5.41 Å². The Hall–Kier alpha value is -5.98. The highest BCUT2D eigenvalue weighted by atomic mass is 32.1. The second-order valence-corrected chi connectivity index (χ2v) is 14.1. The monoisotopic (exact) mass is 647 g/mol. The minimum atomic E-state index is -0.0689. The van der Waals surface area contributed by atoms with Gasteiger partial charge in [-0.1, -0.05) is 111 Å². The van der Waals surface area contributed by atoms with Crippen LogP contribution in [0.3, 0.4) is 0 Å². The van der Waals surface area contributed by atoms with Crippen LogP contribution in [0.1, 0.15) is 25.0 Å². The van der Waals surface area contributed by atoms with E-state index in [1.165, 1.54) is 38.1 Å². The summed E-state index contributed by atoms with van der Waals surface area (Å²) in [5.74, 6) is 1.88. The van der Waals surface area contributed by atoms with Crippen LogP contribution in [-0.4, -0.2) is 24.5 Å². The van der Waals surface area contributed by atoms with Gasteiger partial charge in [0.25, 0.3) is 0 Å². The molecule has 3 aromatic heterocycles. The molecule has 0 unspecified atom stereocenters. The van der Waals surface area contributed by atoms with Gasteiger partial charge in [-0.3, -0.25) is 4.57 Å². The summed E-state index contributed by atoms with van der Waals surface area (Å²) in [7, 11) is 0. The summed E-state index contributed by atoms with van der Waals surface area (Å²) >= 11 is 1.71. The molecule has 1 aliphatic rings. The third-order valence-corrected chi connectivity index (χ3v) is 10.8. The van der Waals surface area contributed by atoms with E-state index in [0.29, 0.717) is 17.6 Å². The molecule has 5 nitrogen and oxygen atoms in total. The Labute approximate surface area is 287 Å². The average molecular weight is 648 g/mol. The van der Waals surface area contributed by atoms with Gasteiger partial charge in [-0.05, 0) is 69.8 Å². The summed E-state index contributed by atoms with van der Waals surface area (Å²) in [6, 6.07) is 47.1. The number of thiazole rings is 1. The molecule has 0 atom stereocenters. The van der Waals surface area contributed by atoms with Crippen molar-refractivity contribution in [3.05, 3.63) is 150 Å². The Morgan fingerprint density at radius 2 is 1.16 bits per heavy atom. The van der Waals surface area contributed by atoms with Crippen LogP contribution in [0, 0.1) is 0 Å². The topological polar surface area (TPSA) is 56.5 Å². The Balaban J connectivity index is 1.16. The van der Waals surface area contributed by atoms with Crippen LogP contribution in [0.5, 0.6) is 0 Å². The van der Waals surface area contributed by atoms with Crippen LogP contribution in [0.4, 0.5) is 0 Å². The van der Waals surface area contributed by atoms with Crippen molar-refractivity contribution in [2.24, 2.45) is 0 Å². The molecule has 49 heavy (non-hydrogen) atoms. The Kier molecular flexibility index (Phi) is 6.02. The van der Waals surface area contributed by atoms with Crippen LogP contribution in [0.2, 0.25) is 0 Å². The minimum absolute atomic E-state index is 0.0689. The lowest BCUT2D eigenvalue weighted by Gasteiger charge is -2.21. The van der Waals surface area contributed by atoms with E-state index in [1.807, 2.05) is 66.2 Å². The number of aromatic nitrogens is 5. The highest BCUT2D eigenvalue weighted by molar-refractivity contribution is 7.16. The molecule has 0 saturated heterocycles. The second-order valence-electron chi connectivity index (χ2n) is 13.2. The van der Waals surface area contributed by atoms with Gasteiger partial charge < -0.3 is 0 Å². The predicted molar refractivity (Wildman–Crippen MR) is 201 cm³/mol. The van der Waals surface area contributed by atoms with Crippen molar-refractivity contribution in [1.29, 1.82) is 0 Å². The lowest BCUT2D eigenvalue weighted by atomic mass is 9.82. The lowest BCUT2D eigenvalue weighted by Crippen LogP contribution is -2.14. The molecule has 6 aromatic carbocycles. The number of hydrogen-bond acceptors (Lipinski definition) is 5. The van der Waals surface area contributed by atoms with Crippen LogP contribution < -0.4 is 0 Å². The van der Waals surface area contributed by atoms with Crippen molar-refractivity contribution >= 4 is 43.4 Å². The summed E-state index contributed by atoms with van der Waals surface area (Å²) in [4.78, 5) is 19.7. The first kappa shape index (κ1) is 28.1. The van der Waals surface area contributed by atoms with E-state index in [-0.39, 0.29) is 5.41 Å². The van der Waals surface area contributed by atoms with E-state index in [0.717, 1.165) is 38.4 Å².